The first-order valence-corrected chi connectivity index (χ1v) is 4.50. The lowest BCUT2D eigenvalue weighted by atomic mass is 10.0. The lowest BCUT2D eigenvalue weighted by Crippen LogP contribution is -2.55. The van der Waals surface area contributed by atoms with E-state index < -0.39 is 49.2 Å². The minimum atomic E-state index is -3.57. The molecule has 0 rings (SSSR count). The summed E-state index contributed by atoms with van der Waals surface area (Å²) in [5, 5.41) is -0.452. The molecule has 0 heterocycles. The summed E-state index contributed by atoms with van der Waals surface area (Å²) >= 11 is 0. The molecule has 1 N–H and O–H groups in total. The average molecular weight is 238 g/mol. The summed E-state index contributed by atoms with van der Waals surface area (Å²) < 4.78 is 65.1. The van der Waals surface area contributed by atoms with Crippen molar-refractivity contribution in [1.29, 1.82) is 0 Å². The van der Waals surface area contributed by atoms with Crippen molar-refractivity contribution < 1.29 is 25.3 Å². The molecule has 0 fully saturated rings. The fourth-order valence-corrected chi connectivity index (χ4v) is 0.746. The number of carbonyl (C=O) groups excluding carboxylic acids is 2. The molecule has 0 saturated carbocycles. The lowest BCUT2D eigenvalue weighted by molar-refractivity contribution is -0.134. The van der Waals surface area contributed by atoms with Gasteiger partial charge in [-0.15, -0.1) is 0 Å². The van der Waals surface area contributed by atoms with Gasteiger partial charge in [-0.2, -0.15) is 0 Å². The Kier molecular flexibility index (Phi) is 1.74. The first-order valence-electron chi connectivity index (χ1n) is 8.66. The molecule has 0 aliphatic carbocycles. The maximum Gasteiger partial charge on any atom is 0.408 e. The molecule has 5 nitrogen and oxygen atoms in total. The topological polar surface area (TPSA) is 58.6 Å². The lowest BCUT2D eigenvalue weighted by Gasteiger charge is -2.29. The standard InChI is InChI=1S/C11H22N2O3/c1-10(2,3)16-9(15)12-11(4,5)8(14)13(6)7/h1-7H3,(H,12,15)/i4D3,5D3,6D/hD. The molecule has 94 valence electrons. The average Bonchev–Trinajstić information content (AvgIpc) is 2.32. The normalized spacial score (nSPS) is 20.8. The first kappa shape index (κ1) is 5.89. The van der Waals surface area contributed by atoms with E-state index in [1.165, 1.54) is 20.8 Å². The molecule has 0 aliphatic rings. The molecular weight excluding hydrogens is 208 g/mol. The summed E-state index contributed by atoms with van der Waals surface area (Å²) in [6, 6.07) is 0. The smallest absolute Gasteiger partial charge is 0.408 e. The molecule has 0 radical (unpaired) electrons. The zero-order valence-electron chi connectivity index (χ0n) is 17.8. The number of nitrogens with zero attached hydrogens (tertiary/aromatic N) is 1. The summed E-state index contributed by atoms with van der Waals surface area (Å²) in [4.78, 5) is 25.1. The maximum absolute atomic E-state index is 12.5. The summed E-state index contributed by atoms with van der Waals surface area (Å²) in [6.07, 6.45) is -1.60. The molecule has 0 unspecified atom stereocenters. The Bertz CT molecular complexity index is 469. The summed E-state index contributed by atoms with van der Waals surface area (Å²) in [5.41, 5.74) is -4.64. The van der Waals surface area contributed by atoms with Crippen molar-refractivity contribution in [3.63, 3.8) is 0 Å². The van der Waals surface area contributed by atoms with Crippen LogP contribution in [0.4, 0.5) is 4.79 Å². The molecule has 0 spiro atoms. The third-order valence-electron chi connectivity index (χ3n) is 1.31. The minimum absolute atomic E-state index is 0.452. The summed E-state index contributed by atoms with van der Waals surface area (Å²) in [6.45, 7) is -2.84. The molecule has 0 bridgehead atoms. The van der Waals surface area contributed by atoms with Gasteiger partial charge in [0.05, 0.1) is 0 Å². The zero-order chi connectivity index (χ0) is 19.7. The fraction of sp³-hybridized carbons (Fsp3) is 0.818. The van der Waals surface area contributed by atoms with Gasteiger partial charge < -0.3 is 14.9 Å². The molecule has 0 saturated heterocycles. The van der Waals surface area contributed by atoms with Gasteiger partial charge in [0.2, 0.25) is 5.91 Å². The van der Waals surface area contributed by atoms with Gasteiger partial charge in [0.1, 0.15) is 11.1 Å². The Labute approximate surface area is 108 Å². The minimum Gasteiger partial charge on any atom is -0.444 e. The SMILES string of the molecule is [2H]CN(C)C(=O)C(N([2H])C(=O)OC(C)(C)C)(C([2H])([2H])[2H])C([2H])([2H])[2H]. The van der Waals surface area contributed by atoms with Crippen LogP contribution in [0.25, 0.3) is 0 Å². The van der Waals surface area contributed by atoms with E-state index in [0.717, 1.165) is 7.05 Å². The van der Waals surface area contributed by atoms with Gasteiger partial charge >= 0.3 is 6.09 Å². The van der Waals surface area contributed by atoms with E-state index in [9.17, 15) is 9.59 Å². The van der Waals surface area contributed by atoms with Crippen molar-refractivity contribution in [2.75, 3.05) is 14.1 Å². The van der Waals surface area contributed by atoms with Crippen LogP contribution in [-0.4, -0.2) is 42.1 Å². The number of likely N-dealkylation sites (N-methyl/N-ethyl adjacent to an activating group) is 1. The van der Waals surface area contributed by atoms with Crippen LogP contribution in [-0.2, 0) is 9.53 Å². The van der Waals surface area contributed by atoms with E-state index in [0.29, 0.717) is 4.90 Å². The number of hydrogen-bond acceptors (Lipinski definition) is 3. The number of nitrogens with one attached hydrogen (secondary N) is 1. The van der Waals surface area contributed by atoms with Crippen molar-refractivity contribution in [1.82, 2.24) is 10.2 Å². The van der Waals surface area contributed by atoms with Crippen molar-refractivity contribution in [3.8, 4) is 0 Å². The number of carbonyl (C=O) groups is 2. The second-order valence-electron chi connectivity index (χ2n) is 4.31. The van der Waals surface area contributed by atoms with E-state index in [4.69, 9.17) is 15.7 Å². The number of amides is 2. The molecule has 0 atom stereocenters. The number of rotatable bonds is 2. The molecule has 2 amide bonds. The molecule has 16 heavy (non-hydrogen) atoms. The molecular formula is C11H22N2O3. The molecule has 0 aromatic heterocycles. The van der Waals surface area contributed by atoms with Crippen molar-refractivity contribution in [2.45, 2.75) is 45.6 Å². The first-order chi connectivity index (χ1) is 10.4. The largest absolute Gasteiger partial charge is 0.444 e. The highest BCUT2D eigenvalue weighted by molar-refractivity contribution is 5.88. The van der Waals surface area contributed by atoms with Gasteiger partial charge in [-0.3, -0.25) is 4.79 Å². The van der Waals surface area contributed by atoms with Crippen molar-refractivity contribution in [3.05, 3.63) is 0 Å². The van der Waals surface area contributed by atoms with Gasteiger partial charge in [0, 0.05) is 23.7 Å². The van der Waals surface area contributed by atoms with Gasteiger partial charge in [0.25, 0.3) is 0 Å². The predicted octanol–water partition coefficient (Wildman–Crippen LogP) is 1.38. The van der Waals surface area contributed by atoms with E-state index in [1.54, 1.807) is 0 Å². The van der Waals surface area contributed by atoms with Crippen LogP contribution in [0.1, 0.15) is 44.1 Å². The van der Waals surface area contributed by atoms with Crippen LogP contribution >= 0.6 is 0 Å². The molecule has 0 aromatic rings. The van der Waals surface area contributed by atoms with Crippen LogP contribution in [0.15, 0.2) is 0 Å². The molecule has 0 aliphatic heterocycles. The van der Waals surface area contributed by atoms with Gasteiger partial charge in [-0.1, -0.05) is 0 Å². The number of hydrogen-bond donors (Lipinski definition) is 1. The van der Waals surface area contributed by atoms with E-state index in [2.05, 4.69) is 0 Å². The fourth-order valence-electron chi connectivity index (χ4n) is 0.746. The predicted molar refractivity (Wildman–Crippen MR) is 62.1 cm³/mol. The van der Waals surface area contributed by atoms with Gasteiger partial charge in [-0.25, -0.2) is 4.79 Å². The Morgan fingerprint density at radius 3 is 2.31 bits per heavy atom. The highest BCUT2D eigenvalue weighted by Gasteiger charge is 2.32. The third-order valence-corrected chi connectivity index (χ3v) is 1.31. The number of ether oxygens (including phenoxy) is 1. The van der Waals surface area contributed by atoms with Crippen LogP contribution in [0.2, 0.25) is 1.41 Å². The summed E-state index contributed by atoms with van der Waals surface area (Å²) in [5.74, 6) is -1.57. The Morgan fingerprint density at radius 2 is 1.94 bits per heavy atom. The maximum atomic E-state index is 12.5. The van der Waals surface area contributed by atoms with E-state index in [1.807, 2.05) is 0 Å². The van der Waals surface area contributed by atoms with E-state index >= 15 is 0 Å². The van der Waals surface area contributed by atoms with Crippen LogP contribution in [0.5, 0.6) is 0 Å². The monoisotopic (exact) mass is 238 g/mol. The quantitative estimate of drug-likeness (QED) is 0.790. The van der Waals surface area contributed by atoms with E-state index in [-0.39, 0.29) is 0 Å². The van der Waals surface area contributed by atoms with Crippen LogP contribution < -0.4 is 5.31 Å². The zero-order valence-corrected chi connectivity index (χ0v) is 9.83. The second-order valence-corrected chi connectivity index (χ2v) is 4.31. The second kappa shape index (κ2) is 4.72. The van der Waals surface area contributed by atoms with Gasteiger partial charge in [-0.05, 0) is 34.5 Å². The van der Waals surface area contributed by atoms with Gasteiger partial charge in [0.15, 0.2) is 1.41 Å². The van der Waals surface area contributed by atoms with Crippen LogP contribution in [0, 0.1) is 0 Å². The van der Waals surface area contributed by atoms with Crippen LogP contribution in [0.3, 0.4) is 0 Å². The molecule has 5 heteroatoms. The molecule has 0 aromatic carbocycles. The van der Waals surface area contributed by atoms with Crippen molar-refractivity contribution >= 4 is 12.0 Å². The Hall–Kier alpha value is -1.26. The highest BCUT2D eigenvalue weighted by Crippen LogP contribution is 2.10. The summed E-state index contributed by atoms with van der Waals surface area (Å²) in [7, 11) is 0.249. The Morgan fingerprint density at radius 1 is 1.38 bits per heavy atom. The highest BCUT2D eigenvalue weighted by atomic mass is 16.6. The third kappa shape index (κ3) is 5.00. The number of alkyl carbamates (subject to hydrolysis) is 1. The van der Waals surface area contributed by atoms with Crippen molar-refractivity contribution in [2.24, 2.45) is 0 Å². The Balaban J connectivity index is 6.42.